The molecule has 0 fully saturated rings. The third-order valence-electron chi connectivity index (χ3n) is 4.44. The van der Waals surface area contributed by atoms with Gasteiger partial charge in [0.25, 0.3) is 0 Å². The highest BCUT2D eigenvalue weighted by molar-refractivity contribution is 7.19. The minimum atomic E-state index is -0.473. The van der Waals surface area contributed by atoms with Crippen molar-refractivity contribution in [2.45, 2.75) is 45.8 Å². The number of nitrogen functional groups attached to an aromatic ring is 1. The van der Waals surface area contributed by atoms with Crippen molar-refractivity contribution in [2.75, 3.05) is 12.3 Å². The standard InChI is InChI=1S/C17H20N4O2S/c1-4-17(2,3)23-16(22)21-6-5-12-10(9-21)7-11-14(19)13(8-18)24-15(11)20-12/h7H,4-6,9,19H2,1-3H3. The molecular weight excluding hydrogens is 324 g/mol. The summed E-state index contributed by atoms with van der Waals surface area (Å²) < 4.78 is 5.58. The second-order valence-electron chi connectivity index (χ2n) is 6.56. The molecule has 1 aliphatic rings. The Hall–Kier alpha value is -2.33. The molecule has 0 aromatic carbocycles. The molecule has 0 aliphatic carbocycles. The lowest BCUT2D eigenvalue weighted by atomic mass is 10.0. The Morgan fingerprint density at radius 2 is 2.33 bits per heavy atom. The normalized spacial score (nSPS) is 14.3. The average Bonchev–Trinajstić information content (AvgIpc) is 2.87. The highest BCUT2D eigenvalue weighted by Crippen LogP contribution is 2.34. The number of carbonyl (C=O) groups excluding carboxylic acids is 1. The van der Waals surface area contributed by atoms with E-state index >= 15 is 0 Å². The van der Waals surface area contributed by atoms with Gasteiger partial charge < -0.3 is 15.4 Å². The minimum Gasteiger partial charge on any atom is -0.443 e. The molecule has 2 N–H and O–H groups in total. The fourth-order valence-electron chi connectivity index (χ4n) is 2.61. The van der Waals surface area contributed by atoms with Crippen LogP contribution in [0.1, 0.15) is 43.3 Å². The lowest BCUT2D eigenvalue weighted by Crippen LogP contribution is -2.40. The molecule has 0 spiro atoms. The number of fused-ring (bicyclic) bond motifs is 2. The van der Waals surface area contributed by atoms with Gasteiger partial charge in [-0.05, 0) is 31.9 Å². The predicted octanol–water partition coefficient (Wildman–Crippen LogP) is 3.43. The molecular formula is C17H20N4O2S. The molecule has 6 nitrogen and oxygen atoms in total. The molecule has 0 saturated carbocycles. The quantitative estimate of drug-likeness (QED) is 0.901. The second-order valence-corrected chi connectivity index (χ2v) is 7.56. The second kappa shape index (κ2) is 5.95. The highest BCUT2D eigenvalue weighted by Gasteiger charge is 2.28. The molecule has 1 aliphatic heterocycles. The molecule has 0 unspecified atom stereocenters. The van der Waals surface area contributed by atoms with E-state index in [0.29, 0.717) is 30.1 Å². The summed E-state index contributed by atoms with van der Waals surface area (Å²) in [6.07, 6.45) is 1.13. The number of hydrogen-bond acceptors (Lipinski definition) is 6. The number of rotatable bonds is 2. The summed E-state index contributed by atoms with van der Waals surface area (Å²) in [6, 6.07) is 4.06. The van der Waals surface area contributed by atoms with Gasteiger partial charge in [0.2, 0.25) is 0 Å². The first kappa shape index (κ1) is 16.5. The van der Waals surface area contributed by atoms with Crippen LogP contribution >= 0.6 is 11.3 Å². The Balaban J connectivity index is 1.88. The van der Waals surface area contributed by atoms with Crippen LogP contribution in [0.5, 0.6) is 0 Å². The van der Waals surface area contributed by atoms with E-state index < -0.39 is 5.60 Å². The third kappa shape index (κ3) is 2.89. The van der Waals surface area contributed by atoms with Crippen molar-refractivity contribution in [3.63, 3.8) is 0 Å². The van der Waals surface area contributed by atoms with Crippen LogP contribution in [0, 0.1) is 11.3 Å². The van der Waals surface area contributed by atoms with Gasteiger partial charge >= 0.3 is 6.09 Å². The van der Waals surface area contributed by atoms with Gasteiger partial charge in [-0.25, -0.2) is 9.78 Å². The summed E-state index contributed by atoms with van der Waals surface area (Å²) in [5.74, 6) is 0. The van der Waals surface area contributed by atoms with Gasteiger partial charge in [-0.2, -0.15) is 5.26 Å². The zero-order valence-corrected chi connectivity index (χ0v) is 14.9. The number of amides is 1. The molecule has 0 radical (unpaired) electrons. The summed E-state index contributed by atoms with van der Waals surface area (Å²) in [7, 11) is 0. The van der Waals surface area contributed by atoms with E-state index in [-0.39, 0.29) is 6.09 Å². The SMILES string of the molecule is CCC(C)(C)OC(=O)N1CCc2nc3sc(C#N)c(N)c3cc2C1. The number of carbonyl (C=O) groups is 1. The average molecular weight is 344 g/mol. The van der Waals surface area contributed by atoms with Gasteiger partial charge in [0.1, 0.15) is 21.4 Å². The van der Waals surface area contributed by atoms with Crippen molar-refractivity contribution in [1.82, 2.24) is 9.88 Å². The zero-order valence-electron chi connectivity index (χ0n) is 14.0. The topological polar surface area (TPSA) is 92.2 Å². The maximum absolute atomic E-state index is 12.4. The van der Waals surface area contributed by atoms with Crippen LogP contribution in [0.4, 0.5) is 10.5 Å². The van der Waals surface area contributed by atoms with Crippen LogP contribution in [0.3, 0.4) is 0 Å². The van der Waals surface area contributed by atoms with Crippen LogP contribution in [-0.2, 0) is 17.7 Å². The lowest BCUT2D eigenvalue weighted by Gasteiger charge is -2.31. The maximum Gasteiger partial charge on any atom is 0.410 e. The number of pyridine rings is 1. The number of anilines is 1. The van der Waals surface area contributed by atoms with E-state index in [1.807, 2.05) is 26.8 Å². The Bertz CT molecular complexity index is 850. The molecule has 1 amide bonds. The summed E-state index contributed by atoms with van der Waals surface area (Å²) >= 11 is 1.31. The molecule has 7 heteroatoms. The number of hydrogen-bond donors (Lipinski definition) is 1. The molecule has 24 heavy (non-hydrogen) atoms. The zero-order chi connectivity index (χ0) is 17.5. The van der Waals surface area contributed by atoms with Crippen molar-refractivity contribution in [3.8, 4) is 6.07 Å². The Morgan fingerprint density at radius 1 is 1.58 bits per heavy atom. The summed E-state index contributed by atoms with van der Waals surface area (Å²) in [6.45, 7) is 6.84. The molecule has 0 saturated heterocycles. The van der Waals surface area contributed by atoms with Crippen LogP contribution in [0.15, 0.2) is 6.07 Å². The number of aromatic nitrogens is 1. The number of nitriles is 1. The van der Waals surface area contributed by atoms with Gasteiger partial charge in [-0.15, -0.1) is 11.3 Å². The van der Waals surface area contributed by atoms with Crippen molar-refractivity contribution >= 4 is 33.3 Å². The first-order valence-electron chi connectivity index (χ1n) is 7.93. The van der Waals surface area contributed by atoms with Gasteiger partial charge in [0, 0.05) is 24.0 Å². The number of thiophene rings is 1. The van der Waals surface area contributed by atoms with Crippen LogP contribution < -0.4 is 5.73 Å². The van der Waals surface area contributed by atoms with Crippen molar-refractivity contribution < 1.29 is 9.53 Å². The first-order valence-corrected chi connectivity index (χ1v) is 8.75. The van der Waals surface area contributed by atoms with Gasteiger partial charge in [0.15, 0.2) is 0 Å². The fraction of sp³-hybridized carbons (Fsp3) is 0.471. The minimum absolute atomic E-state index is 0.302. The molecule has 2 aromatic heterocycles. The van der Waals surface area contributed by atoms with E-state index in [1.54, 1.807) is 4.90 Å². The largest absolute Gasteiger partial charge is 0.443 e. The Morgan fingerprint density at radius 3 is 3.00 bits per heavy atom. The van der Waals surface area contributed by atoms with Crippen molar-refractivity contribution in [2.24, 2.45) is 0 Å². The van der Waals surface area contributed by atoms with E-state index in [2.05, 4.69) is 11.1 Å². The third-order valence-corrected chi connectivity index (χ3v) is 5.46. The first-order chi connectivity index (χ1) is 11.3. The monoisotopic (exact) mass is 344 g/mol. The molecule has 0 bridgehead atoms. The van der Waals surface area contributed by atoms with E-state index in [0.717, 1.165) is 27.9 Å². The van der Waals surface area contributed by atoms with Gasteiger partial charge in [0.05, 0.1) is 12.2 Å². The van der Waals surface area contributed by atoms with Gasteiger partial charge in [-0.1, -0.05) is 6.92 Å². The summed E-state index contributed by atoms with van der Waals surface area (Å²) in [4.78, 5) is 20.0. The van der Waals surface area contributed by atoms with Crippen LogP contribution in [0.2, 0.25) is 0 Å². The summed E-state index contributed by atoms with van der Waals surface area (Å²) in [5, 5.41) is 9.91. The van der Waals surface area contributed by atoms with E-state index in [4.69, 9.17) is 15.7 Å². The van der Waals surface area contributed by atoms with Gasteiger partial charge in [-0.3, -0.25) is 0 Å². The molecule has 2 aromatic rings. The fourth-order valence-corrected chi connectivity index (χ4v) is 3.50. The van der Waals surface area contributed by atoms with Crippen LogP contribution in [-0.4, -0.2) is 28.1 Å². The van der Waals surface area contributed by atoms with Crippen molar-refractivity contribution in [3.05, 3.63) is 22.2 Å². The number of nitrogens with zero attached hydrogens (tertiary/aromatic N) is 3. The van der Waals surface area contributed by atoms with Crippen molar-refractivity contribution in [1.29, 1.82) is 5.26 Å². The molecule has 3 rings (SSSR count). The summed E-state index contributed by atoms with van der Waals surface area (Å²) in [5.41, 5.74) is 7.95. The predicted molar refractivity (Wildman–Crippen MR) is 93.7 cm³/mol. The van der Waals surface area contributed by atoms with E-state index in [1.165, 1.54) is 11.3 Å². The van der Waals surface area contributed by atoms with Crippen LogP contribution in [0.25, 0.3) is 10.2 Å². The molecule has 126 valence electrons. The molecule has 0 atom stereocenters. The maximum atomic E-state index is 12.4. The lowest BCUT2D eigenvalue weighted by molar-refractivity contribution is 0.00898. The Kier molecular flexibility index (Phi) is 4.10. The number of ether oxygens (including phenoxy) is 1. The Labute approximate surface area is 144 Å². The molecule has 3 heterocycles. The smallest absolute Gasteiger partial charge is 0.410 e. The number of nitrogens with two attached hydrogens (primary N) is 1. The highest BCUT2D eigenvalue weighted by atomic mass is 32.1. The van der Waals surface area contributed by atoms with E-state index in [9.17, 15) is 4.79 Å².